The van der Waals surface area contributed by atoms with Gasteiger partial charge >= 0.3 is 0 Å². The second kappa shape index (κ2) is 7.80. The first-order valence-corrected chi connectivity index (χ1v) is 10.6. The molecule has 1 fully saturated rings. The zero-order valence-corrected chi connectivity index (χ0v) is 16.2. The summed E-state index contributed by atoms with van der Waals surface area (Å²) < 4.78 is 47.7. The fraction of sp³-hybridized carbons (Fsp3) is 0.263. The summed E-state index contributed by atoms with van der Waals surface area (Å²) in [5.74, 6) is -1.38. The van der Waals surface area contributed by atoms with E-state index in [1.165, 1.54) is 51.7 Å². The largest absolute Gasteiger partial charge is 0.438 e. The molecule has 0 aliphatic carbocycles. The van der Waals surface area contributed by atoms with Crippen molar-refractivity contribution in [3.8, 4) is 5.69 Å². The highest BCUT2D eigenvalue weighted by Crippen LogP contribution is 2.23. The minimum Gasteiger partial charge on any atom is -0.438 e. The molecule has 8 nitrogen and oxygen atoms in total. The lowest BCUT2D eigenvalue weighted by atomic mass is 10.2. The van der Waals surface area contributed by atoms with Crippen molar-refractivity contribution in [3.05, 3.63) is 60.6 Å². The van der Waals surface area contributed by atoms with Crippen molar-refractivity contribution < 1.29 is 22.0 Å². The molecule has 0 saturated carbocycles. The third-order valence-electron chi connectivity index (χ3n) is 4.70. The molecular formula is C19H19FN4O4S. The normalized spacial score (nSPS) is 15.3. The minimum atomic E-state index is -3.77. The quantitative estimate of drug-likeness (QED) is 0.687. The molecule has 2 aromatic heterocycles. The molecule has 1 N–H and O–H groups in total. The lowest BCUT2D eigenvalue weighted by Gasteiger charge is -2.24. The number of halogens is 1. The molecule has 29 heavy (non-hydrogen) atoms. The fourth-order valence-electron chi connectivity index (χ4n) is 3.20. The van der Waals surface area contributed by atoms with Crippen molar-refractivity contribution in [2.24, 2.45) is 0 Å². The Balaban J connectivity index is 1.49. The molecular weight excluding hydrogens is 399 g/mol. The van der Waals surface area contributed by atoms with Crippen molar-refractivity contribution in [2.75, 3.05) is 18.4 Å². The smallest absolute Gasteiger partial charge is 0.291 e. The van der Waals surface area contributed by atoms with E-state index in [2.05, 4.69) is 10.3 Å². The first kappa shape index (κ1) is 19.3. The average molecular weight is 418 g/mol. The summed E-state index contributed by atoms with van der Waals surface area (Å²) in [5, 5.41) is 2.24. The number of amides is 1. The molecule has 10 heteroatoms. The number of sulfonamides is 1. The maximum Gasteiger partial charge on any atom is 0.291 e. The number of carbonyl (C=O) groups excluding carboxylic acids is 1. The van der Waals surface area contributed by atoms with E-state index in [9.17, 15) is 17.6 Å². The lowest BCUT2D eigenvalue weighted by Crippen LogP contribution is -2.35. The standard InChI is InChI=1S/C19H19FN4O4S/c20-15-12-14(4-5-16(15)23-11-8-21-13-23)22-19(25)17-6-7-18(28-17)29(26,27)24-9-2-1-3-10-24/h4-8,11-13H,1-3,9-10H2,(H,22,25). The Labute approximate surface area is 167 Å². The highest BCUT2D eigenvalue weighted by atomic mass is 32.2. The van der Waals surface area contributed by atoms with Gasteiger partial charge in [-0.1, -0.05) is 6.42 Å². The van der Waals surface area contributed by atoms with E-state index < -0.39 is 21.7 Å². The molecule has 152 valence electrons. The predicted octanol–water partition coefficient (Wildman–Crippen LogP) is 3.03. The summed E-state index contributed by atoms with van der Waals surface area (Å²) in [7, 11) is -3.77. The van der Waals surface area contributed by atoms with Crippen molar-refractivity contribution in [1.82, 2.24) is 13.9 Å². The van der Waals surface area contributed by atoms with Gasteiger partial charge < -0.3 is 14.3 Å². The Hall–Kier alpha value is -2.98. The van der Waals surface area contributed by atoms with Crippen LogP contribution in [0.3, 0.4) is 0 Å². The third-order valence-corrected chi connectivity index (χ3v) is 6.48. The molecule has 4 rings (SSSR count). The monoisotopic (exact) mass is 418 g/mol. The van der Waals surface area contributed by atoms with Crippen molar-refractivity contribution in [1.29, 1.82) is 0 Å². The second-order valence-corrected chi connectivity index (χ2v) is 8.54. The van der Waals surface area contributed by atoms with Gasteiger partial charge in [-0.15, -0.1) is 0 Å². The maximum absolute atomic E-state index is 14.3. The van der Waals surface area contributed by atoms with E-state index in [-0.39, 0.29) is 22.2 Å². The van der Waals surface area contributed by atoms with Crippen LogP contribution in [0, 0.1) is 5.82 Å². The van der Waals surface area contributed by atoms with Crippen LogP contribution >= 0.6 is 0 Å². The molecule has 1 saturated heterocycles. The number of piperidine rings is 1. The number of imidazole rings is 1. The van der Waals surface area contributed by atoms with Gasteiger partial charge in [-0.25, -0.2) is 17.8 Å². The number of anilines is 1. The van der Waals surface area contributed by atoms with E-state index in [4.69, 9.17) is 4.42 Å². The zero-order valence-electron chi connectivity index (χ0n) is 15.4. The Morgan fingerprint density at radius 3 is 2.62 bits per heavy atom. The molecule has 1 aliphatic heterocycles. The Morgan fingerprint density at radius 2 is 1.93 bits per heavy atom. The van der Waals surface area contributed by atoms with Crippen molar-refractivity contribution in [2.45, 2.75) is 24.4 Å². The van der Waals surface area contributed by atoms with Crippen molar-refractivity contribution >= 4 is 21.6 Å². The molecule has 3 heterocycles. The predicted molar refractivity (Wildman–Crippen MR) is 103 cm³/mol. The van der Waals surface area contributed by atoms with Crippen molar-refractivity contribution in [3.63, 3.8) is 0 Å². The molecule has 0 radical (unpaired) electrons. The molecule has 0 spiro atoms. The van der Waals surface area contributed by atoms with E-state index in [1.54, 1.807) is 6.20 Å². The number of rotatable bonds is 5. The topological polar surface area (TPSA) is 97.4 Å². The van der Waals surface area contributed by atoms with E-state index in [1.807, 2.05) is 0 Å². The highest BCUT2D eigenvalue weighted by molar-refractivity contribution is 7.89. The SMILES string of the molecule is O=C(Nc1ccc(-n2ccnc2)c(F)c1)c1ccc(S(=O)(=O)N2CCCCC2)o1. The summed E-state index contributed by atoms with van der Waals surface area (Å²) in [5.41, 5.74) is 0.501. The lowest BCUT2D eigenvalue weighted by molar-refractivity contribution is 0.0991. The van der Waals surface area contributed by atoms with Gasteiger partial charge in [-0.3, -0.25) is 4.79 Å². The van der Waals surface area contributed by atoms with Crippen LogP contribution in [0.5, 0.6) is 0 Å². The first-order valence-electron chi connectivity index (χ1n) is 9.14. The maximum atomic E-state index is 14.3. The first-order chi connectivity index (χ1) is 13.9. The second-order valence-electron chi connectivity index (χ2n) is 6.67. The molecule has 3 aromatic rings. The molecule has 1 amide bonds. The van der Waals surface area contributed by atoms with Crippen LogP contribution in [0.4, 0.5) is 10.1 Å². The number of nitrogens with one attached hydrogen (secondary N) is 1. The van der Waals surface area contributed by atoms with Gasteiger partial charge in [0.25, 0.3) is 15.9 Å². The van der Waals surface area contributed by atoms with Gasteiger partial charge in [-0.2, -0.15) is 4.31 Å². The van der Waals surface area contributed by atoms with Crippen LogP contribution < -0.4 is 5.32 Å². The summed E-state index contributed by atoms with van der Waals surface area (Å²) in [6, 6.07) is 6.76. The Bertz CT molecular complexity index is 1120. The molecule has 0 bridgehead atoms. The summed E-state index contributed by atoms with van der Waals surface area (Å²) >= 11 is 0. The molecule has 0 unspecified atom stereocenters. The molecule has 1 aromatic carbocycles. The van der Waals surface area contributed by atoms with Crippen LogP contribution in [0.15, 0.2) is 58.6 Å². The van der Waals surface area contributed by atoms with Gasteiger partial charge in [0.05, 0.1) is 12.0 Å². The average Bonchev–Trinajstić information content (AvgIpc) is 3.41. The van der Waals surface area contributed by atoms with Gasteiger partial charge in [-0.05, 0) is 43.2 Å². The number of carbonyl (C=O) groups is 1. The number of furan rings is 1. The van der Waals surface area contributed by atoms with Gasteiger partial charge in [0.2, 0.25) is 5.09 Å². The van der Waals surface area contributed by atoms with Crippen LogP contribution in [0.25, 0.3) is 5.69 Å². The van der Waals surface area contributed by atoms with Gasteiger partial charge in [0.1, 0.15) is 5.82 Å². The van der Waals surface area contributed by atoms with Crippen LogP contribution in [-0.2, 0) is 10.0 Å². The Morgan fingerprint density at radius 1 is 1.14 bits per heavy atom. The number of nitrogens with zero attached hydrogens (tertiary/aromatic N) is 3. The third kappa shape index (κ3) is 3.94. The highest BCUT2D eigenvalue weighted by Gasteiger charge is 2.29. The summed E-state index contributed by atoms with van der Waals surface area (Å²) in [6.07, 6.45) is 7.19. The van der Waals surface area contributed by atoms with Crippen LogP contribution in [0.1, 0.15) is 29.8 Å². The van der Waals surface area contributed by atoms with Crippen LogP contribution in [-0.4, -0.2) is 41.3 Å². The Kier molecular flexibility index (Phi) is 5.20. The molecule has 0 atom stereocenters. The fourth-order valence-corrected chi connectivity index (χ4v) is 4.63. The van der Waals surface area contributed by atoms with Gasteiger partial charge in [0, 0.05) is 31.2 Å². The zero-order chi connectivity index (χ0) is 20.4. The molecule has 1 aliphatic rings. The number of hydrogen-bond acceptors (Lipinski definition) is 5. The van der Waals surface area contributed by atoms with E-state index >= 15 is 0 Å². The number of benzene rings is 1. The van der Waals surface area contributed by atoms with E-state index in [0.717, 1.165) is 19.3 Å². The summed E-state index contributed by atoms with van der Waals surface area (Å²) in [4.78, 5) is 16.3. The number of hydrogen-bond donors (Lipinski definition) is 1. The number of aromatic nitrogens is 2. The van der Waals surface area contributed by atoms with E-state index in [0.29, 0.717) is 13.1 Å². The van der Waals surface area contributed by atoms with Crippen LogP contribution in [0.2, 0.25) is 0 Å². The summed E-state index contributed by atoms with van der Waals surface area (Å²) in [6.45, 7) is 0.875. The van der Waals surface area contributed by atoms with Gasteiger partial charge in [0.15, 0.2) is 5.76 Å². The minimum absolute atomic E-state index is 0.167.